The van der Waals surface area contributed by atoms with Crippen LogP contribution in [0.4, 0.5) is 4.39 Å². The van der Waals surface area contributed by atoms with E-state index in [2.05, 4.69) is 26.2 Å². The zero-order valence-corrected chi connectivity index (χ0v) is 18.7. The number of methoxy groups -OCH3 is 2. The van der Waals surface area contributed by atoms with Gasteiger partial charge >= 0.3 is 5.97 Å². The molecule has 1 atom stereocenters. The molecule has 30 heavy (non-hydrogen) atoms. The highest BCUT2D eigenvalue weighted by molar-refractivity contribution is 9.10. The van der Waals surface area contributed by atoms with Crippen LogP contribution < -0.4 is 10.1 Å². The van der Waals surface area contributed by atoms with Gasteiger partial charge in [0, 0.05) is 10.2 Å². The van der Waals surface area contributed by atoms with Crippen molar-refractivity contribution in [1.82, 2.24) is 10.3 Å². The fraction of sp³-hybridized carbons (Fsp3) is 0.190. The first-order valence-corrected chi connectivity index (χ1v) is 10.6. The summed E-state index contributed by atoms with van der Waals surface area (Å²) in [5.74, 6) is 0.386. The summed E-state index contributed by atoms with van der Waals surface area (Å²) in [6.07, 6.45) is 0. The van der Waals surface area contributed by atoms with Crippen molar-refractivity contribution in [3.8, 4) is 5.75 Å². The van der Waals surface area contributed by atoms with Gasteiger partial charge in [-0.05, 0) is 42.8 Å². The minimum Gasteiger partial charge on any atom is -0.497 e. The molecule has 1 N–H and O–H groups in total. The van der Waals surface area contributed by atoms with E-state index >= 15 is 0 Å². The molecule has 1 aliphatic heterocycles. The van der Waals surface area contributed by atoms with E-state index in [0.717, 1.165) is 16.0 Å². The van der Waals surface area contributed by atoms with E-state index in [0.29, 0.717) is 32.1 Å². The van der Waals surface area contributed by atoms with Crippen molar-refractivity contribution in [2.24, 2.45) is 4.99 Å². The molecule has 6 nitrogen and oxygen atoms in total. The maximum atomic E-state index is 13.6. The number of rotatable bonds is 4. The summed E-state index contributed by atoms with van der Waals surface area (Å²) in [7, 11) is 2.93. The van der Waals surface area contributed by atoms with Gasteiger partial charge in [-0.1, -0.05) is 22.0 Å². The Morgan fingerprint density at radius 1 is 1.23 bits per heavy atom. The second-order valence-corrected chi connectivity index (χ2v) is 8.44. The molecule has 0 unspecified atom stereocenters. The van der Waals surface area contributed by atoms with E-state index < -0.39 is 12.0 Å². The number of ether oxygens (including phenoxy) is 2. The number of benzene rings is 2. The normalized spacial score (nSPS) is 16.3. The van der Waals surface area contributed by atoms with Crippen molar-refractivity contribution in [2.45, 2.75) is 13.0 Å². The van der Waals surface area contributed by atoms with Gasteiger partial charge in [-0.3, -0.25) is 4.99 Å². The molecule has 0 fully saturated rings. The number of aliphatic imine (C=N–C) groups is 1. The van der Waals surface area contributed by atoms with Crippen molar-refractivity contribution >= 4 is 49.3 Å². The van der Waals surface area contributed by atoms with E-state index in [1.807, 2.05) is 18.2 Å². The lowest BCUT2D eigenvalue weighted by Gasteiger charge is -2.25. The zero-order valence-electron chi connectivity index (χ0n) is 16.3. The van der Waals surface area contributed by atoms with Crippen LogP contribution in [0.2, 0.25) is 0 Å². The number of fused-ring (bicyclic) bond motifs is 1. The maximum absolute atomic E-state index is 13.6. The number of hydrogen-bond donors (Lipinski definition) is 1. The van der Waals surface area contributed by atoms with Gasteiger partial charge in [0.1, 0.15) is 17.6 Å². The molecule has 9 heteroatoms. The summed E-state index contributed by atoms with van der Waals surface area (Å²) in [5, 5.41) is 3.85. The van der Waals surface area contributed by atoms with Crippen LogP contribution in [0.3, 0.4) is 0 Å². The van der Waals surface area contributed by atoms with Crippen LogP contribution in [0.25, 0.3) is 10.2 Å². The van der Waals surface area contributed by atoms with Crippen LogP contribution in [0.5, 0.6) is 5.75 Å². The average Bonchev–Trinajstić information content (AvgIpc) is 3.16. The SMILES string of the molecule is COC(=O)C1=C(C)NC(c2nc3ccc(OC)cc3s2)=N[C@@H]1c1ccc(F)cc1Br. The van der Waals surface area contributed by atoms with Crippen molar-refractivity contribution in [3.05, 3.63) is 68.5 Å². The van der Waals surface area contributed by atoms with Crippen molar-refractivity contribution in [3.63, 3.8) is 0 Å². The highest BCUT2D eigenvalue weighted by Gasteiger charge is 2.32. The number of nitrogens with one attached hydrogen (secondary N) is 1. The summed E-state index contributed by atoms with van der Waals surface area (Å²) in [6, 6.07) is 9.26. The van der Waals surface area contributed by atoms with Crippen LogP contribution in [0, 0.1) is 5.82 Å². The number of carbonyl (C=O) groups excluding carboxylic acids is 1. The number of hydrogen-bond acceptors (Lipinski definition) is 7. The Morgan fingerprint density at radius 3 is 2.73 bits per heavy atom. The Labute approximate surface area is 184 Å². The zero-order chi connectivity index (χ0) is 21.4. The molecule has 154 valence electrons. The third-order valence-corrected chi connectivity index (χ3v) is 6.41. The molecule has 1 aromatic heterocycles. The molecule has 2 heterocycles. The number of amidine groups is 1. The fourth-order valence-electron chi connectivity index (χ4n) is 3.24. The maximum Gasteiger partial charge on any atom is 0.338 e. The predicted molar refractivity (Wildman–Crippen MR) is 117 cm³/mol. The lowest BCUT2D eigenvalue weighted by molar-refractivity contribution is -0.136. The van der Waals surface area contributed by atoms with Gasteiger partial charge in [-0.15, -0.1) is 11.3 Å². The number of allylic oxidation sites excluding steroid dienone is 1. The molecule has 1 aliphatic rings. The van der Waals surface area contributed by atoms with Crippen LogP contribution in [-0.2, 0) is 9.53 Å². The van der Waals surface area contributed by atoms with E-state index in [-0.39, 0.29) is 5.82 Å². The minimum atomic E-state index is -0.676. The quantitative estimate of drug-likeness (QED) is 0.535. The lowest BCUT2D eigenvalue weighted by Crippen LogP contribution is -2.32. The Hall–Kier alpha value is -2.78. The summed E-state index contributed by atoms with van der Waals surface area (Å²) < 4.78 is 25.4. The largest absolute Gasteiger partial charge is 0.497 e. The monoisotopic (exact) mass is 489 g/mol. The van der Waals surface area contributed by atoms with E-state index in [1.54, 1.807) is 20.1 Å². The molecule has 0 amide bonds. The second-order valence-electron chi connectivity index (χ2n) is 6.55. The van der Waals surface area contributed by atoms with Gasteiger partial charge in [0.25, 0.3) is 0 Å². The molecular weight excluding hydrogens is 473 g/mol. The molecule has 0 saturated carbocycles. The van der Waals surface area contributed by atoms with E-state index in [4.69, 9.17) is 14.5 Å². The van der Waals surface area contributed by atoms with Crippen molar-refractivity contribution in [1.29, 1.82) is 0 Å². The third kappa shape index (κ3) is 3.70. The van der Waals surface area contributed by atoms with Gasteiger partial charge < -0.3 is 14.8 Å². The number of thiazole rings is 1. The molecule has 3 aromatic rings. The Balaban J connectivity index is 1.83. The topological polar surface area (TPSA) is 72.8 Å². The van der Waals surface area contributed by atoms with Gasteiger partial charge in [0.15, 0.2) is 10.8 Å². The van der Waals surface area contributed by atoms with E-state index in [1.165, 1.54) is 30.6 Å². The Bertz CT molecular complexity index is 1220. The fourth-order valence-corrected chi connectivity index (χ4v) is 4.75. The first-order valence-electron chi connectivity index (χ1n) is 8.95. The Morgan fingerprint density at radius 2 is 2.03 bits per heavy atom. The Kier molecular flexibility index (Phi) is 5.57. The smallest absolute Gasteiger partial charge is 0.338 e. The standard InChI is InChI=1S/C21H17BrFN3O3S/c1-10-17(21(27)29-3)18(13-6-4-11(23)8-14(13)22)26-19(24-10)20-25-15-7-5-12(28-2)9-16(15)30-20/h4-9,18H,1-3H3,(H,24,26)/t18-/m1/s1. The van der Waals surface area contributed by atoms with Crippen LogP contribution >= 0.6 is 27.3 Å². The van der Waals surface area contributed by atoms with Crippen LogP contribution in [-0.4, -0.2) is 31.0 Å². The van der Waals surface area contributed by atoms with Crippen LogP contribution in [0.1, 0.15) is 23.5 Å². The van der Waals surface area contributed by atoms with Crippen molar-refractivity contribution < 1.29 is 18.7 Å². The highest BCUT2D eigenvalue weighted by Crippen LogP contribution is 2.37. The molecule has 0 aliphatic carbocycles. The lowest BCUT2D eigenvalue weighted by atomic mass is 9.96. The van der Waals surface area contributed by atoms with Gasteiger partial charge in [0.05, 0.1) is 30.0 Å². The summed E-state index contributed by atoms with van der Waals surface area (Å²) >= 11 is 4.85. The molecular formula is C21H17BrFN3O3S. The molecule has 0 spiro atoms. The first kappa shape index (κ1) is 20.5. The number of esters is 1. The minimum absolute atomic E-state index is 0.358. The van der Waals surface area contributed by atoms with Gasteiger partial charge in [0.2, 0.25) is 0 Å². The predicted octanol–water partition coefficient (Wildman–Crippen LogP) is 4.74. The van der Waals surface area contributed by atoms with E-state index in [9.17, 15) is 9.18 Å². The summed E-state index contributed by atoms with van der Waals surface area (Å²) in [4.78, 5) is 21.9. The molecule has 0 saturated heterocycles. The second kappa shape index (κ2) is 8.16. The van der Waals surface area contributed by atoms with Gasteiger partial charge in [-0.25, -0.2) is 14.2 Å². The number of carbonyl (C=O) groups is 1. The molecule has 0 radical (unpaired) electrons. The summed E-state index contributed by atoms with van der Waals surface area (Å²) in [5.41, 5.74) is 2.43. The average molecular weight is 490 g/mol. The summed E-state index contributed by atoms with van der Waals surface area (Å²) in [6.45, 7) is 1.78. The number of aromatic nitrogens is 1. The third-order valence-electron chi connectivity index (χ3n) is 4.70. The van der Waals surface area contributed by atoms with Crippen LogP contribution in [0.15, 0.2) is 57.1 Å². The van der Waals surface area contributed by atoms with Gasteiger partial charge in [-0.2, -0.15) is 0 Å². The molecule has 2 aromatic carbocycles. The molecule has 4 rings (SSSR count). The first-order chi connectivity index (χ1) is 14.4. The van der Waals surface area contributed by atoms with Crippen molar-refractivity contribution in [2.75, 3.05) is 14.2 Å². The molecule has 0 bridgehead atoms. The number of nitrogens with zero attached hydrogens (tertiary/aromatic N) is 2. The number of halogens is 2. The highest BCUT2D eigenvalue weighted by atomic mass is 79.9.